The summed E-state index contributed by atoms with van der Waals surface area (Å²) in [7, 11) is 0. The van der Waals surface area contributed by atoms with E-state index in [2.05, 4.69) is 47.6 Å². The van der Waals surface area contributed by atoms with Crippen molar-refractivity contribution in [1.82, 2.24) is 0 Å². The van der Waals surface area contributed by atoms with Crippen molar-refractivity contribution >= 4 is 0 Å². The molecule has 2 heteroatoms. The van der Waals surface area contributed by atoms with Crippen LogP contribution in [0.5, 0.6) is 0 Å². The summed E-state index contributed by atoms with van der Waals surface area (Å²) in [5.74, 6) is 1.19. The lowest BCUT2D eigenvalue weighted by atomic mass is 9.68. The van der Waals surface area contributed by atoms with Gasteiger partial charge < -0.3 is 9.47 Å². The van der Waals surface area contributed by atoms with Crippen LogP contribution in [0.4, 0.5) is 0 Å². The molecule has 0 saturated carbocycles. The van der Waals surface area contributed by atoms with E-state index in [1.165, 1.54) is 12.0 Å². The predicted octanol–water partition coefficient (Wildman–Crippen LogP) is 4.40. The molecule has 0 spiro atoms. The molecule has 2 atom stereocenters. The molecule has 110 valence electrons. The average Bonchev–Trinajstić information content (AvgIpc) is 2.27. The molecule has 0 aromatic rings. The van der Waals surface area contributed by atoms with E-state index in [-0.39, 0.29) is 17.1 Å². The van der Waals surface area contributed by atoms with Gasteiger partial charge in [0.1, 0.15) is 0 Å². The van der Waals surface area contributed by atoms with Crippen LogP contribution in [0.2, 0.25) is 0 Å². The summed E-state index contributed by atoms with van der Waals surface area (Å²) in [6, 6.07) is 0. The lowest BCUT2D eigenvalue weighted by Gasteiger charge is -2.47. The molecule has 0 aromatic carbocycles. The van der Waals surface area contributed by atoms with Crippen LogP contribution >= 0.6 is 0 Å². The first-order valence-corrected chi connectivity index (χ1v) is 7.62. The van der Waals surface area contributed by atoms with Crippen molar-refractivity contribution in [2.24, 2.45) is 22.7 Å². The Morgan fingerprint density at radius 2 is 1.79 bits per heavy atom. The highest BCUT2D eigenvalue weighted by Crippen LogP contribution is 2.43. The zero-order valence-corrected chi connectivity index (χ0v) is 13.5. The molecule has 1 heterocycles. The highest BCUT2D eigenvalue weighted by Gasteiger charge is 2.43. The fourth-order valence-electron chi connectivity index (χ4n) is 3.13. The van der Waals surface area contributed by atoms with Gasteiger partial charge in [0.15, 0.2) is 6.29 Å². The third kappa shape index (κ3) is 3.22. The zero-order valence-electron chi connectivity index (χ0n) is 13.5. The minimum Gasteiger partial charge on any atom is -0.352 e. The Labute approximate surface area is 118 Å². The van der Waals surface area contributed by atoms with Gasteiger partial charge in [-0.15, -0.1) is 0 Å². The van der Waals surface area contributed by atoms with Crippen LogP contribution in [0, 0.1) is 22.7 Å². The van der Waals surface area contributed by atoms with E-state index in [4.69, 9.17) is 9.47 Å². The first-order chi connectivity index (χ1) is 8.71. The molecule has 0 radical (unpaired) electrons. The Kier molecular flexibility index (Phi) is 4.13. The molecule has 0 bridgehead atoms. The molecule has 2 nitrogen and oxygen atoms in total. The van der Waals surface area contributed by atoms with Gasteiger partial charge in [-0.05, 0) is 31.1 Å². The molecular formula is C17H30O2. The summed E-state index contributed by atoms with van der Waals surface area (Å²) in [4.78, 5) is 0. The van der Waals surface area contributed by atoms with Crippen LogP contribution in [-0.4, -0.2) is 19.5 Å². The number of ether oxygens (including phenoxy) is 2. The van der Waals surface area contributed by atoms with Crippen LogP contribution in [0.3, 0.4) is 0 Å². The standard InChI is InChI=1S/C17H30O2/c1-12-7-13(2)9-14(8-12)15-18-10-17(6,11-19-15)16(3,4)5/h7,12,14-15H,8-11H2,1-6H3. The maximum Gasteiger partial charge on any atom is 0.160 e. The second-order valence-corrected chi connectivity index (χ2v) is 7.99. The van der Waals surface area contributed by atoms with Crippen LogP contribution < -0.4 is 0 Å². The summed E-state index contributed by atoms with van der Waals surface area (Å²) in [6.07, 6.45) is 4.70. The first-order valence-electron chi connectivity index (χ1n) is 7.62. The number of rotatable bonds is 1. The first kappa shape index (κ1) is 15.1. The zero-order chi connectivity index (χ0) is 14.3. The van der Waals surface area contributed by atoms with Crippen LogP contribution in [-0.2, 0) is 9.47 Å². The smallest absolute Gasteiger partial charge is 0.160 e. The molecular weight excluding hydrogens is 236 g/mol. The molecule has 0 aromatic heterocycles. The summed E-state index contributed by atoms with van der Waals surface area (Å²) in [5.41, 5.74) is 1.82. The van der Waals surface area contributed by atoms with E-state index in [1.54, 1.807) is 0 Å². The molecule has 0 N–H and O–H groups in total. The number of allylic oxidation sites excluding steroid dienone is 2. The van der Waals surface area contributed by atoms with Gasteiger partial charge in [0, 0.05) is 11.3 Å². The van der Waals surface area contributed by atoms with Gasteiger partial charge in [-0.2, -0.15) is 0 Å². The van der Waals surface area contributed by atoms with Crippen molar-refractivity contribution in [3.8, 4) is 0 Å². The van der Waals surface area contributed by atoms with Gasteiger partial charge in [-0.3, -0.25) is 0 Å². The molecule has 19 heavy (non-hydrogen) atoms. The highest BCUT2D eigenvalue weighted by molar-refractivity contribution is 5.07. The molecule has 1 saturated heterocycles. The molecule has 2 rings (SSSR count). The Hall–Kier alpha value is -0.340. The van der Waals surface area contributed by atoms with E-state index in [0.29, 0.717) is 11.8 Å². The van der Waals surface area contributed by atoms with Crippen molar-refractivity contribution < 1.29 is 9.47 Å². The van der Waals surface area contributed by atoms with Gasteiger partial charge in [-0.25, -0.2) is 0 Å². The Morgan fingerprint density at radius 3 is 2.26 bits per heavy atom. The van der Waals surface area contributed by atoms with Crippen molar-refractivity contribution in [3.63, 3.8) is 0 Å². The molecule has 1 aliphatic heterocycles. The summed E-state index contributed by atoms with van der Waals surface area (Å²) >= 11 is 0. The largest absolute Gasteiger partial charge is 0.352 e. The van der Waals surface area contributed by atoms with E-state index in [0.717, 1.165) is 19.6 Å². The van der Waals surface area contributed by atoms with E-state index < -0.39 is 0 Å². The maximum absolute atomic E-state index is 6.11. The molecule has 1 fully saturated rings. The van der Waals surface area contributed by atoms with Crippen molar-refractivity contribution in [2.75, 3.05) is 13.2 Å². The normalized spacial score (nSPS) is 40.9. The third-order valence-corrected chi connectivity index (χ3v) is 5.16. The van der Waals surface area contributed by atoms with Gasteiger partial charge in [0.05, 0.1) is 13.2 Å². The summed E-state index contributed by atoms with van der Waals surface area (Å²) < 4.78 is 12.2. The average molecular weight is 266 g/mol. The van der Waals surface area contributed by atoms with Gasteiger partial charge in [-0.1, -0.05) is 46.3 Å². The Balaban J connectivity index is 1.96. The maximum atomic E-state index is 6.11. The van der Waals surface area contributed by atoms with Gasteiger partial charge >= 0.3 is 0 Å². The lowest BCUT2D eigenvalue weighted by molar-refractivity contribution is -0.266. The van der Waals surface area contributed by atoms with Crippen molar-refractivity contribution in [3.05, 3.63) is 11.6 Å². The highest BCUT2D eigenvalue weighted by atomic mass is 16.7. The minimum absolute atomic E-state index is 0.00141. The van der Waals surface area contributed by atoms with Crippen LogP contribution in [0.15, 0.2) is 11.6 Å². The van der Waals surface area contributed by atoms with E-state index in [9.17, 15) is 0 Å². The lowest BCUT2D eigenvalue weighted by Crippen LogP contribution is -2.49. The quantitative estimate of drug-likeness (QED) is 0.655. The van der Waals surface area contributed by atoms with Crippen LogP contribution in [0.1, 0.15) is 54.4 Å². The predicted molar refractivity (Wildman–Crippen MR) is 78.9 cm³/mol. The van der Waals surface area contributed by atoms with Crippen LogP contribution in [0.25, 0.3) is 0 Å². The second kappa shape index (κ2) is 5.21. The van der Waals surface area contributed by atoms with Crippen molar-refractivity contribution in [1.29, 1.82) is 0 Å². The van der Waals surface area contributed by atoms with E-state index in [1.807, 2.05) is 0 Å². The molecule has 2 unspecified atom stereocenters. The number of hydrogen-bond acceptors (Lipinski definition) is 2. The SMILES string of the molecule is CC1=CC(C)CC(C2OCC(C)(C(C)(C)C)CO2)C1. The van der Waals surface area contributed by atoms with E-state index >= 15 is 0 Å². The minimum atomic E-state index is 0.00141. The van der Waals surface area contributed by atoms with Crippen molar-refractivity contribution in [2.45, 2.75) is 60.7 Å². The summed E-state index contributed by atoms with van der Waals surface area (Å²) in [6.45, 7) is 15.2. The molecule has 1 aliphatic carbocycles. The Morgan fingerprint density at radius 1 is 1.21 bits per heavy atom. The fraction of sp³-hybridized carbons (Fsp3) is 0.882. The monoisotopic (exact) mass is 266 g/mol. The summed E-state index contributed by atoms with van der Waals surface area (Å²) in [5, 5.41) is 0. The molecule has 0 amide bonds. The topological polar surface area (TPSA) is 18.5 Å². The fourth-order valence-corrected chi connectivity index (χ4v) is 3.13. The number of hydrogen-bond donors (Lipinski definition) is 0. The molecule has 2 aliphatic rings. The second-order valence-electron chi connectivity index (χ2n) is 7.99. The van der Waals surface area contributed by atoms with Gasteiger partial charge in [0.2, 0.25) is 0 Å². The third-order valence-electron chi connectivity index (χ3n) is 5.16. The Bertz CT molecular complexity index is 343. The van der Waals surface area contributed by atoms with Gasteiger partial charge in [0.25, 0.3) is 0 Å².